The van der Waals surface area contributed by atoms with Crippen LogP contribution in [0.15, 0.2) is 16.9 Å². The predicted molar refractivity (Wildman–Crippen MR) is 48.1 cm³/mol. The molecule has 0 spiro atoms. The van der Waals surface area contributed by atoms with Crippen LogP contribution in [-0.4, -0.2) is 9.97 Å². The molecule has 12 heavy (non-hydrogen) atoms. The van der Waals surface area contributed by atoms with E-state index >= 15 is 0 Å². The molecule has 1 heterocycles. The van der Waals surface area contributed by atoms with Gasteiger partial charge in [-0.15, -0.1) is 0 Å². The summed E-state index contributed by atoms with van der Waals surface area (Å²) in [7, 11) is 0. The first-order valence-corrected chi connectivity index (χ1v) is 4.83. The molecule has 4 heteroatoms. The third kappa shape index (κ3) is 1.25. The van der Waals surface area contributed by atoms with Gasteiger partial charge in [0.15, 0.2) is 11.4 Å². The fourth-order valence-electron chi connectivity index (χ4n) is 1.41. The normalized spacial score (nSPS) is 20.2. The van der Waals surface area contributed by atoms with Crippen molar-refractivity contribution in [3.63, 3.8) is 0 Å². The molecule has 0 saturated heterocycles. The topological polar surface area (TPSA) is 53.4 Å². The zero-order valence-electron chi connectivity index (χ0n) is 6.76. The van der Waals surface area contributed by atoms with E-state index in [9.17, 15) is 0 Å². The van der Waals surface area contributed by atoms with Crippen molar-refractivity contribution >= 4 is 15.9 Å². The molecule has 1 saturated carbocycles. The summed E-state index contributed by atoms with van der Waals surface area (Å²) < 4.78 is 0.925. The van der Waals surface area contributed by atoms with Crippen LogP contribution in [0.3, 0.4) is 0 Å². The van der Waals surface area contributed by atoms with Crippen LogP contribution in [-0.2, 0) is 5.54 Å². The average Bonchev–Trinajstić information content (AvgIpc) is 2.02. The van der Waals surface area contributed by atoms with Crippen molar-refractivity contribution in [1.82, 2.24) is 9.97 Å². The Morgan fingerprint density at radius 1 is 1.33 bits per heavy atom. The van der Waals surface area contributed by atoms with E-state index in [2.05, 4.69) is 31.6 Å². The van der Waals surface area contributed by atoms with Crippen molar-refractivity contribution in [1.29, 1.82) is 0 Å². The SMILES string of the molecule is [NH3+]C1(c2ncc(Br)cn2)CCC1. The number of hydrogen-bond donors (Lipinski definition) is 1. The van der Waals surface area contributed by atoms with Crippen LogP contribution in [0.4, 0.5) is 0 Å². The minimum atomic E-state index is 0.0146. The first-order valence-electron chi connectivity index (χ1n) is 4.04. The van der Waals surface area contributed by atoms with E-state index < -0.39 is 0 Å². The smallest absolute Gasteiger partial charge is 0.189 e. The highest BCUT2D eigenvalue weighted by Gasteiger charge is 2.41. The zero-order chi connectivity index (χ0) is 8.60. The Balaban J connectivity index is 2.28. The van der Waals surface area contributed by atoms with E-state index in [4.69, 9.17) is 0 Å². The second-order valence-corrected chi connectivity index (χ2v) is 4.27. The van der Waals surface area contributed by atoms with Gasteiger partial charge in [-0.3, -0.25) is 0 Å². The molecule has 1 fully saturated rings. The number of hydrogen-bond acceptors (Lipinski definition) is 2. The lowest BCUT2D eigenvalue weighted by atomic mass is 9.77. The number of aromatic nitrogens is 2. The van der Waals surface area contributed by atoms with Crippen molar-refractivity contribution in [2.75, 3.05) is 0 Å². The van der Waals surface area contributed by atoms with E-state index in [1.54, 1.807) is 12.4 Å². The second kappa shape index (κ2) is 2.78. The van der Waals surface area contributed by atoms with Gasteiger partial charge >= 0.3 is 0 Å². The molecule has 0 atom stereocenters. The van der Waals surface area contributed by atoms with Crippen molar-refractivity contribution in [2.45, 2.75) is 24.8 Å². The highest BCUT2D eigenvalue weighted by atomic mass is 79.9. The maximum absolute atomic E-state index is 4.25. The van der Waals surface area contributed by atoms with Gasteiger partial charge in [-0.05, 0) is 22.4 Å². The average molecular weight is 229 g/mol. The molecule has 0 radical (unpaired) electrons. The molecule has 0 amide bonds. The lowest BCUT2D eigenvalue weighted by Gasteiger charge is -2.32. The van der Waals surface area contributed by atoms with E-state index in [1.165, 1.54) is 6.42 Å². The number of nitrogens with zero attached hydrogens (tertiary/aromatic N) is 2. The second-order valence-electron chi connectivity index (χ2n) is 3.36. The van der Waals surface area contributed by atoms with E-state index in [-0.39, 0.29) is 5.54 Å². The van der Waals surface area contributed by atoms with Crippen LogP contribution in [0.1, 0.15) is 25.1 Å². The van der Waals surface area contributed by atoms with Gasteiger partial charge in [0.2, 0.25) is 0 Å². The summed E-state index contributed by atoms with van der Waals surface area (Å²) in [5.74, 6) is 0.886. The van der Waals surface area contributed by atoms with E-state index in [1.807, 2.05) is 0 Å². The molecule has 1 aromatic heterocycles. The fraction of sp³-hybridized carbons (Fsp3) is 0.500. The Bertz CT molecular complexity index is 279. The maximum Gasteiger partial charge on any atom is 0.189 e. The Labute approximate surface area is 79.5 Å². The van der Waals surface area contributed by atoms with Crippen LogP contribution in [0.25, 0.3) is 0 Å². The first kappa shape index (κ1) is 8.13. The van der Waals surface area contributed by atoms with Crippen molar-refractivity contribution < 1.29 is 5.73 Å². The third-order valence-corrected chi connectivity index (χ3v) is 2.81. The summed E-state index contributed by atoms with van der Waals surface area (Å²) in [6.07, 6.45) is 7.06. The summed E-state index contributed by atoms with van der Waals surface area (Å²) >= 11 is 3.31. The quantitative estimate of drug-likeness (QED) is 0.776. The predicted octanol–water partition coefficient (Wildman–Crippen LogP) is 0.860. The monoisotopic (exact) mass is 228 g/mol. The lowest BCUT2D eigenvalue weighted by molar-refractivity contribution is -0.512. The summed E-state index contributed by atoms with van der Waals surface area (Å²) in [6, 6.07) is 0. The summed E-state index contributed by atoms with van der Waals surface area (Å²) in [5, 5.41) is 0. The minimum absolute atomic E-state index is 0.0146. The number of quaternary nitrogens is 1. The van der Waals surface area contributed by atoms with Gasteiger partial charge in [0.25, 0.3) is 0 Å². The molecule has 1 aliphatic rings. The first-order chi connectivity index (χ1) is 5.71. The van der Waals surface area contributed by atoms with Gasteiger partial charge < -0.3 is 5.73 Å². The standard InChI is InChI=1S/C8H10BrN3/c9-6-4-11-7(12-5-6)8(10)2-1-3-8/h4-5H,1-3,10H2/p+1. The Kier molecular flexibility index (Phi) is 1.88. The molecule has 1 aliphatic carbocycles. The van der Waals surface area contributed by atoms with Crippen molar-refractivity contribution in [3.8, 4) is 0 Å². The molecular weight excluding hydrogens is 218 g/mol. The highest BCUT2D eigenvalue weighted by molar-refractivity contribution is 9.10. The van der Waals surface area contributed by atoms with Crippen LogP contribution >= 0.6 is 15.9 Å². The Morgan fingerprint density at radius 3 is 2.33 bits per heavy atom. The van der Waals surface area contributed by atoms with Crippen LogP contribution in [0, 0.1) is 0 Å². The van der Waals surface area contributed by atoms with Gasteiger partial charge in [-0.25, -0.2) is 9.97 Å². The summed E-state index contributed by atoms with van der Waals surface area (Å²) in [5.41, 5.74) is 4.15. The molecule has 2 rings (SSSR count). The van der Waals surface area contributed by atoms with Gasteiger partial charge in [0.1, 0.15) is 0 Å². The molecule has 3 nitrogen and oxygen atoms in total. The van der Waals surface area contributed by atoms with Gasteiger partial charge in [-0.1, -0.05) is 0 Å². The number of halogens is 1. The molecule has 0 aliphatic heterocycles. The third-order valence-electron chi connectivity index (χ3n) is 2.41. The van der Waals surface area contributed by atoms with Crippen LogP contribution < -0.4 is 5.73 Å². The fourth-order valence-corrected chi connectivity index (χ4v) is 1.62. The molecule has 0 aromatic carbocycles. The molecule has 3 N–H and O–H groups in total. The minimum Gasteiger partial charge on any atom is -0.346 e. The molecule has 1 aromatic rings. The number of rotatable bonds is 1. The van der Waals surface area contributed by atoms with Crippen LogP contribution in [0.5, 0.6) is 0 Å². The van der Waals surface area contributed by atoms with Crippen LogP contribution in [0.2, 0.25) is 0 Å². The lowest BCUT2D eigenvalue weighted by Crippen LogP contribution is -2.73. The molecule has 0 unspecified atom stereocenters. The van der Waals surface area contributed by atoms with E-state index in [0.717, 1.165) is 23.1 Å². The Morgan fingerprint density at radius 2 is 1.92 bits per heavy atom. The highest BCUT2D eigenvalue weighted by Crippen LogP contribution is 2.34. The largest absolute Gasteiger partial charge is 0.346 e. The zero-order valence-corrected chi connectivity index (χ0v) is 8.34. The maximum atomic E-state index is 4.25. The molecule has 0 bridgehead atoms. The molecular formula is C8H11BrN3+. The molecule has 64 valence electrons. The van der Waals surface area contributed by atoms with Crippen molar-refractivity contribution in [2.24, 2.45) is 0 Å². The Hall–Kier alpha value is -0.480. The summed E-state index contributed by atoms with van der Waals surface area (Å²) in [4.78, 5) is 8.50. The van der Waals surface area contributed by atoms with Gasteiger partial charge in [0.05, 0.1) is 4.47 Å². The van der Waals surface area contributed by atoms with Gasteiger partial charge in [0, 0.05) is 25.2 Å². The van der Waals surface area contributed by atoms with Crippen molar-refractivity contribution in [3.05, 3.63) is 22.7 Å². The summed E-state index contributed by atoms with van der Waals surface area (Å²) in [6.45, 7) is 0. The van der Waals surface area contributed by atoms with E-state index in [0.29, 0.717) is 0 Å². The van der Waals surface area contributed by atoms with Gasteiger partial charge in [-0.2, -0.15) is 0 Å².